The van der Waals surface area contributed by atoms with Crippen LogP contribution in [-0.4, -0.2) is 16.5 Å². The second kappa shape index (κ2) is 6.47. The maximum Gasteiger partial charge on any atom is 0.224 e. The van der Waals surface area contributed by atoms with Gasteiger partial charge in [0.05, 0.1) is 10.7 Å². The summed E-state index contributed by atoms with van der Waals surface area (Å²) < 4.78 is 26.6. The third kappa shape index (κ3) is 3.54. The summed E-state index contributed by atoms with van der Waals surface area (Å²) in [5.74, 6) is -0.718. The van der Waals surface area contributed by atoms with Gasteiger partial charge >= 0.3 is 0 Å². The molecular formula is C13H13ClF2N4. The Morgan fingerprint density at radius 1 is 1.30 bits per heavy atom. The summed E-state index contributed by atoms with van der Waals surface area (Å²) in [5, 5.41) is 5.68. The number of rotatable bonds is 5. The summed E-state index contributed by atoms with van der Waals surface area (Å²) in [7, 11) is 0. The second-order valence-electron chi connectivity index (χ2n) is 4.06. The average molecular weight is 299 g/mol. The van der Waals surface area contributed by atoms with Crippen LogP contribution in [0.2, 0.25) is 5.02 Å². The molecule has 106 valence electrons. The molecule has 0 bridgehead atoms. The van der Waals surface area contributed by atoms with Crippen molar-refractivity contribution in [1.82, 2.24) is 9.97 Å². The molecule has 0 atom stereocenters. The van der Waals surface area contributed by atoms with Gasteiger partial charge in [0.15, 0.2) is 5.82 Å². The van der Waals surface area contributed by atoms with E-state index < -0.39 is 11.6 Å². The molecule has 1 aromatic carbocycles. The van der Waals surface area contributed by atoms with Crippen LogP contribution in [0.4, 0.5) is 26.2 Å². The minimum Gasteiger partial charge on any atom is -0.354 e. The van der Waals surface area contributed by atoms with Crippen molar-refractivity contribution in [2.45, 2.75) is 13.3 Å². The molecule has 0 fully saturated rings. The molecule has 0 unspecified atom stereocenters. The van der Waals surface area contributed by atoms with Crippen LogP contribution in [0.1, 0.15) is 13.3 Å². The largest absolute Gasteiger partial charge is 0.354 e. The summed E-state index contributed by atoms with van der Waals surface area (Å²) >= 11 is 5.81. The van der Waals surface area contributed by atoms with Crippen LogP contribution >= 0.6 is 11.6 Å². The quantitative estimate of drug-likeness (QED) is 0.877. The van der Waals surface area contributed by atoms with Crippen molar-refractivity contribution in [3.8, 4) is 0 Å². The van der Waals surface area contributed by atoms with Gasteiger partial charge < -0.3 is 10.6 Å². The van der Waals surface area contributed by atoms with Crippen LogP contribution in [0.25, 0.3) is 0 Å². The molecular weight excluding hydrogens is 286 g/mol. The lowest BCUT2D eigenvalue weighted by Crippen LogP contribution is -2.06. The first-order chi connectivity index (χ1) is 9.60. The van der Waals surface area contributed by atoms with Gasteiger partial charge in [-0.1, -0.05) is 18.5 Å². The molecule has 0 saturated heterocycles. The molecule has 4 nitrogen and oxygen atoms in total. The van der Waals surface area contributed by atoms with E-state index in [-0.39, 0.29) is 10.7 Å². The number of anilines is 3. The molecule has 1 aromatic heterocycles. The Bertz CT molecular complexity index is 584. The first kappa shape index (κ1) is 14.5. The van der Waals surface area contributed by atoms with Crippen LogP contribution in [0.3, 0.4) is 0 Å². The van der Waals surface area contributed by atoms with Gasteiger partial charge in [0, 0.05) is 18.8 Å². The molecule has 2 N–H and O–H groups in total. The second-order valence-corrected chi connectivity index (χ2v) is 4.47. The Hall–Kier alpha value is -1.95. The first-order valence-electron chi connectivity index (χ1n) is 6.08. The third-order valence-electron chi connectivity index (χ3n) is 2.45. The van der Waals surface area contributed by atoms with Crippen LogP contribution in [0.5, 0.6) is 0 Å². The fourth-order valence-corrected chi connectivity index (χ4v) is 1.78. The maximum atomic E-state index is 13.7. The van der Waals surface area contributed by atoms with Gasteiger partial charge in [0.1, 0.15) is 11.6 Å². The van der Waals surface area contributed by atoms with E-state index in [0.717, 1.165) is 25.1 Å². The molecule has 7 heteroatoms. The number of nitrogens with zero attached hydrogens (tertiary/aromatic N) is 2. The minimum atomic E-state index is -0.781. The normalized spacial score (nSPS) is 10.4. The lowest BCUT2D eigenvalue weighted by Gasteiger charge is -2.10. The van der Waals surface area contributed by atoms with E-state index in [1.54, 1.807) is 6.07 Å². The third-order valence-corrected chi connectivity index (χ3v) is 2.75. The number of benzene rings is 1. The molecule has 0 amide bonds. The topological polar surface area (TPSA) is 49.8 Å². The summed E-state index contributed by atoms with van der Waals surface area (Å²) in [6, 6.07) is 3.35. The Labute approximate surface area is 120 Å². The zero-order valence-electron chi connectivity index (χ0n) is 10.8. The predicted molar refractivity (Wildman–Crippen MR) is 75.5 cm³/mol. The number of hydrogen-bond acceptors (Lipinski definition) is 4. The van der Waals surface area contributed by atoms with Gasteiger partial charge in [0.2, 0.25) is 5.95 Å². The van der Waals surface area contributed by atoms with Gasteiger partial charge in [-0.2, -0.15) is 4.98 Å². The van der Waals surface area contributed by atoms with Crippen LogP contribution in [0, 0.1) is 11.6 Å². The minimum absolute atomic E-state index is 0.0202. The van der Waals surface area contributed by atoms with Gasteiger partial charge in [0.25, 0.3) is 0 Å². The fourth-order valence-electron chi connectivity index (χ4n) is 1.54. The molecule has 20 heavy (non-hydrogen) atoms. The van der Waals surface area contributed by atoms with Crippen LogP contribution in [-0.2, 0) is 0 Å². The molecule has 2 rings (SSSR count). The van der Waals surface area contributed by atoms with E-state index in [4.69, 9.17) is 11.6 Å². The lowest BCUT2D eigenvalue weighted by atomic mass is 10.3. The zero-order valence-corrected chi connectivity index (χ0v) is 11.5. The first-order valence-corrected chi connectivity index (χ1v) is 6.46. The molecule has 2 aromatic rings. The summed E-state index contributed by atoms with van der Waals surface area (Å²) in [6.07, 6.45) is 2.46. The van der Waals surface area contributed by atoms with E-state index in [1.807, 2.05) is 6.92 Å². The van der Waals surface area contributed by atoms with Gasteiger partial charge in [-0.05, 0) is 18.6 Å². The lowest BCUT2D eigenvalue weighted by molar-refractivity contribution is 0.586. The molecule has 0 radical (unpaired) electrons. The van der Waals surface area contributed by atoms with Crippen molar-refractivity contribution in [1.29, 1.82) is 0 Å². The highest BCUT2D eigenvalue weighted by atomic mass is 35.5. The van der Waals surface area contributed by atoms with Crippen molar-refractivity contribution < 1.29 is 8.78 Å². The molecule has 0 spiro atoms. The number of halogens is 3. The number of hydrogen-bond donors (Lipinski definition) is 2. The Balaban J connectivity index is 2.22. The summed E-state index contributed by atoms with van der Waals surface area (Å²) in [6.45, 7) is 2.75. The monoisotopic (exact) mass is 298 g/mol. The van der Waals surface area contributed by atoms with Gasteiger partial charge in [-0.15, -0.1) is 0 Å². The SMILES string of the molecule is CCCNc1nccc(Nc2c(F)cc(F)cc2Cl)n1. The van der Waals surface area contributed by atoms with Crippen molar-refractivity contribution in [2.75, 3.05) is 17.2 Å². The van der Waals surface area contributed by atoms with Crippen LogP contribution < -0.4 is 10.6 Å². The smallest absolute Gasteiger partial charge is 0.224 e. The molecule has 0 aliphatic heterocycles. The molecule has 0 aliphatic carbocycles. The van der Waals surface area contributed by atoms with E-state index in [1.165, 1.54) is 6.20 Å². The fraction of sp³-hybridized carbons (Fsp3) is 0.231. The predicted octanol–water partition coefficient (Wildman–Crippen LogP) is 3.97. The highest BCUT2D eigenvalue weighted by molar-refractivity contribution is 6.33. The maximum absolute atomic E-state index is 13.7. The van der Waals surface area contributed by atoms with E-state index >= 15 is 0 Å². The molecule has 0 aliphatic rings. The number of nitrogens with one attached hydrogen (secondary N) is 2. The Morgan fingerprint density at radius 3 is 2.80 bits per heavy atom. The van der Waals surface area contributed by atoms with Crippen molar-refractivity contribution >= 4 is 29.1 Å². The van der Waals surface area contributed by atoms with Crippen LogP contribution in [0.15, 0.2) is 24.4 Å². The highest BCUT2D eigenvalue weighted by Gasteiger charge is 2.11. The van der Waals surface area contributed by atoms with E-state index in [9.17, 15) is 8.78 Å². The van der Waals surface area contributed by atoms with Gasteiger partial charge in [-0.25, -0.2) is 13.8 Å². The standard InChI is InChI=1S/C13H13ClF2N4/c1-2-4-17-13-18-5-3-11(20-13)19-12-9(14)6-8(15)7-10(12)16/h3,5-7H,2,4H2,1H3,(H2,17,18,19,20). The van der Waals surface area contributed by atoms with Crippen molar-refractivity contribution in [2.24, 2.45) is 0 Å². The molecule has 1 heterocycles. The van der Waals surface area contributed by atoms with E-state index in [0.29, 0.717) is 11.8 Å². The molecule has 0 saturated carbocycles. The summed E-state index contributed by atoms with van der Waals surface area (Å²) in [4.78, 5) is 8.19. The highest BCUT2D eigenvalue weighted by Crippen LogP contribution is 2.28. The zero-order chi connectivity index (χ0) is 14.5. The van der Waals surface area contributed by atoms with E-state index in [2.05, 4.69) is 20.6 Å². The summed E-state index contributed by atoms with van der Waals surface area (Å²) in [5.41, 5.74) is -0.0202. The average Bonchev–Trinajstić information content (AvgIpc) is 2.41. The number of aromatic nitrogens is 2. The Morgan fingerprint density at radius 2 is 2.10 bits per heavy atom. The van der Waals surface area contributed by atoms with Crippen molar-refractivity contribution in [3.05, 3.63) is 41.1 Å². The Kier molecular flexibility index (Phi) is 4.68. The van der Waals surface area contributed by atoms with Gasteiger partial charge in [-0.3, -0.25) is 0 Å². The van der Waals surface area contributed by atoms with Crippen molar-refractivity contribution in [3.63, 3.8) is 0 Å².